The third-order valence-electron chi connectivity index (χ3n) is 7.89. The van der Waals surface area contributed by atoms with E-state index in [1.807, 2.05) is 31.2 Å². The maximum Gasteiger partial charge on any atom is 0.341 e. The van der Waals surface area contributed by atoms with Gasteiger partial charge in [-0.1, -0.05) is 31.4 Å². The molecule has 0 unspecified atom stereocenters. The van der Waals surface area contributed by atoms with E-state index in [2.05, 4.69) is 12.1 Å². The molecule has 0 radical (unpaired) electrons. The molecule has 5 rings (SSSR count). The van der Waals surface area contributed by atoms with Gasteiger partial charge in [-0.05, 0) is 97.0 Å². The Morgan fingerprint density at radius 1 is 0.947 bits per heavy atom. The van der Waals surface area contributed by atoms with Crippen molar-refractivity contribution in [3.63, 3.8) is 0 Å². The second-order valence-electron chi connectivity index (χ2n) is 10.4. The quantitative estimate of drug-likeness (QED) is 0.408. The van der Waals surface area contributed by atoms with Gasteiger partial charge in [0.2, 0.25) is 0 Å². The van der Waals surface area contributed by atoms with E-state index in [-0.39, 0.29) is 10.3 Å². The van der Waals surface area contributed by atoms with Crippen molar-refractivity contribution in [2.45, 2.75) is 56.3 Å². The molecule has 3 aromatic rings. The summed E-state index contributed by atoms with van der Waals surface area (Å²) in [6.45, 7) is 3.66. The van der Waals surface area contributed by atoms with Gasteiger partial charge < -0.3 is 14.6 Å². The fraction of sp³-hybridized carbons (Fsp3) is 0.367. The molecule has 0 atom stereocenters. The topological polar surface area (TPSA) is 93.1 Å². The number of ether oxygens (including phenoxy) is 2. The third kappa shape index (κ3) is 4.62. The molecule has 200 valence electrons. The summed E-state index contributed by atoms with van der Waals surface area (Å²) in [5.74, 6) is 0.0663. The summed E-state index contributed by atoms with van der Waals surface area (Å²) < 4.78 is 40.4. The minimum atomic E-state index is -3.86. The van der Waals surface area contributed by atoms with Crippen LogP contribution in [0.1, 0.15) is 48.8 Å². The number of nitrogens with zero attached hydrogens (tertiary/aromatic N) is 1. The van der Waals surface area contributed by atoms with Crippen LogP contribution in [-0.2, 0) is 20.2 Å². The van der Waals surface area contributed by atoms with Crippen molar-refractivity contribution in [3.05, 3.63) is 71.3 Å². The second-order valence-corrected chi connectivity index (χ2v) is 12.2. The van der Waals surface area contributed by atoms with Crippen LogP contribution in [-0.4, -0.2) is 39.8 Å². The summed E-state index contributed by atoms with van der Waals surface area (Å²) >= 11 is 0. The van der Waals surface area contributed by atoms with Crippen LogP contribution in [0, 0.1) is 13.8 Å². The zero-order chi connectivity index (χ0) is 27.1. The molecule has 0 aromatic heterocycles. The first-order valence-corrected chi connectivity index (χ1v) is 14.4. The van der Waals surface area contributed by atoms with Crippen molar-refractivity contribution in [2.24, 2.45) is 0 Å². The van der Waals surface area contributed by atoms with Gasteiger partial charge in [0.1, 0.15) is 11.5 Å². The maximum absolute atomic E-state index is 14.1. The second kappa shape index (κ2) is 9.98. The third-order valence-corrected chi connectivity index (χ3v) is 9.63. The van der Waals surface area contributed by atoms with E-state index in [9.17, 15) is 13.2 Å². The molecule has 1 N–H and O–H groups in total. The average Bonchev–Trinajstić information content (AvgIpc) is 3.23. The molecule has 8 heteroatoms. The number of carboxylic acid groups (broad SMARTS) is 1. The number of benzene rings is 3. The molecule has 1 aliphatic heterocycles. The number of rotatable bonds is 7. The van der Waals surface area contributed by atoms with Crippen molar-refractivity contribution >= 4 is 21.7 Å². The van der Waals surface area contributed by atoms with E-state index in [0.29, 0.717) is 17.9 Å². The Morgan fingerprint density at radius 2 is 1.66 bits per heavy atom. The highest BCUT2D eigenvalue weighted by molar-refractivity contribution is 7.92. The molecule has 1 heterocycles. The molecule has 0 saturated heterocycles. The highest BCUT2D eigenvalue weighted by Crippen LogP contribution is 2.53. The van der Waals surface area contributed by atoms with E-state index in [4.69, 9.17) is 14.6 Å². The van der Waals surface area contributed by atoms with Crippen LogP contribution in [0.2, 0.25) is 0 Å². The van der Waals surface area contributed by atoms with Crippen LogP contribution in [0.25, 0.3) is 11.1 Å². The van der Waals surface area contributed by atoms with Gasteiger partial charge >= 0.3 is 5.97 Å². The van der Waals surface area contributed by atoms with E-state index in [1.54, 1.807) is 24.4 Å². The van der Waals surface area contributed by atoms with Gasteiger partial charge in [0, 0.05) is 12.0 Å². The molecule has 7 nitrogen and oxygen atoms in total. The monoisotopic (exact) mass is 535 g/mol. The zero-order valence-corrected chi connectivity index (χ0v) is 22.8. The Morgan fingerprint density at radius 3 is 2.29 bits per heavy atom. The van der Waals surface area contributed by atoms with E-state index in [1.165, 1.54) is 12.1 Å². The van der Waals surface area contributed by atoms with Crippen molar-refractivity contribution in [1.82, 2.24) is 0 Å². The minimum Gasteiger partial charge on any atom is -0.497 e. The molecule has 1 spiro atoms. The molecule has 1 saturated carbocycles. The largest absolute Gasteiger partial charge is 0.497 e. The van der Waals surface area contributed by atoms with Gasteiger partial charge in [0.15, 0.2) is 6.61 Å². The molecule has 1 fully saturated rings. The van der Waals surface area contributed by atoms with Gasteiger partial charge in [-0.2, -0.15) is 0 Å². The summed E-state index contributed by atoms with van der Waals surface area (Å²) in [6, 6.07) is 16.8. The highest BCUT2D eigenvalue weighted by Gasteiger charge is 2.48. The minimum absolute atomic E-state index is 0.176. The summed E-state index contributed by atoms with van der Waals surface area (Å²) in [4.78, 5) is 11.1. The number of hydrogen-bond acceptors (Lipinski definition) is 5. The molecular formula is C30H33NO6S. The number of aliphatic carboxylic acids is 1. The van der Waals surface area contributed by atoms with Gasteiger partial charge in [-0.15, -0.1) is 0 Å². The lowest BCUT2D eigenvalue weighted by Crippen LogP contribution is -2.38. The van der Waals surface area contributed by atoms with Crippen LogP contribution in [0.5, 0.6) is 11.5 Å². The Hall–Kier alpha value is -3.52. The first-order chi connectivity index (χ1) is 18.1. The first kappa shape index (κ1) is 26.1. The number of methoxy groups -OCH3 is 1. The number of hydrogen-bond donors (Lipinski definition) is 1. The van der Waals surface area contributed by atoms with E-state index >= 15 is 0 Å². The molecule has 0 amide bonds. The summed E-state index contributed by atoms with van der Waals surface area (Å²) in [5, 5.41) is 8.92. The van der Waals surface area contributed by atoms with Gasteiger partial charge in [0.25, 0.3) is 10.0 Å². The van der Waals surface area contributed by atoms with Crippen molar-refractivity contribution in [3.8, 4) is 22.6 Å². The molecule has 38 heavy (non-hydrogen) atoms. The van der Waals surface area contributed by atoms with Gasteiger partial charge in [0.05, 0.1) is 17.7 Å². The van der Waals surface area contributed by atoms with Crippen LogP contribution < -0.4 is 13.8 Å². The van der Waals surface area contributed by atoms with E-state index < -0.39 is 22.6 Å². The Bertz CT molecular complexity index is 1470. The lowest BCUT2D eigenvalue weighted by Gasteiger charge is -2.34. The lowest BCUT2D eigenvalue weighted by atomic mass is 9.70. The Kier molecular flexibility index (Phi) is 6.86. The summed E-state index contributed by atoms with van der Waals surface area (Å²) in [7, 11) is -2.21. The summed E-state index contributed by atoms with van der Waals surface area (Å²) in [6.07, 6.45) is 5.23. The number of aryl methyl sites for hydroxylation is 2. The predicted molar refractivity (Wildman–Crippen MR) is 147 cm³/mol. The Labute approximate surface area is 224 Å². The first-order valence-electron chi connectivity index (χ1n) is 12.9. The molecule has 0 bridgehead atoms. The van der Waals surface area contributed by atoms with Gasteiger partial charge in [-0.3, -0.25) is 4.31 Å². The fourth-order valence-electron chi connectivity index (χ4n) is 5.98. The SMILES string of the molecule is COc1ccc(-c2cc(C)c3c(c2)C2(CCCCC2)CN3S(=O)(=O)c2ccc(OCC(=O)O)c(C)c2)cc1. The standard InChI is InChI=1S/C30H33NO6S/c1-20-16-25(11-12-27(20)37-18-28(32)33)38(34,35)31-19-30(13-5-4-6-14-30)26-17-23(15-21(2)29(26)31)22-7-9-24(36-3)10-8-22/h7-12,15-17H,4-6,13-14,18-19H2,1-3H3,(H,32,33). The number of sulfonamides is 1. The molecule has 2 aliphatic rings. The predicted octanol–water partition coefficient (Wildman–Crippen LogP) is 5.85. The van der Waals surface area contributed by atoms with Gasteiger partial charge in [-0.25, -0.2) is 13.2 Å². The van der Waals surface area contributed by atoms with Crippen LogP contribution in [0.3, 0.4) is 0 Å². The zero-order valence-electron chi connectivity index (χ0n) is 22.0. The number of carbonyl (C=O) groups is 1. The average molecular weight is 536 g/mol. The molecule has 1 aliphatic carbocycles. The molecule has 3 aromatic carbocycles. The van der Waals surface area contributed by atoms with Crippen molar-refractivity contribution in [2.75, 3.05) is 24.6 Å². The molecular weight excluding hydrogens is 502 g/mol. The number of carboxylic acids is 1. The number of fused-ring (bicyclic) bond motifs is 2. The van der Waals surface area contributed by atoms with Crippen molar-refractivity contribution in [1.29, 1.82) is 0 Å². The van der Waals surface area contributed by atoms with E-state index in [0.717, 1.165) is 65.8 Å². The smallest absolute Gasteiger partial charge is 0.341 e. The normalized spacial score (nSPS) is 16.3. The fourth-order valence-corrected chi connectivity index (χ4v) is 7.70. The Balaban J connectivity index is 1.58. The van der Waals surface area contributed by atoms with Crippen LogP contribution in [0.15, 0.2) is 59.5 Å². The lowest BCUT2D eigenvalue weighted by molar-refractivity contribution is -0.139. The maximum atomic E-state index is 14.1. The van der Waals surface area contributed by atoms with Crippen LogP contribution >= 0.6 is 0 Å². The van der Waals surface area contributed by atoms with Crippen molar-refractivity contribution < 1.29 is 27.8 Å². The highest BCUT2D eigenvalue weighted by atomic mass is 32.2. The summed E-state index contributed by atoms with van der Waals surface area (Å²) in [5.41, 5.74) is 5.33. The number of anilines is 1. The van der Waals surface area contributed by atoms with Crippen LogP contribution in [0.4, 0.5) is 5.69 Å².